The number of hydrogen-bond donors (Lipinski definition) is 2. The fourth-order valence-corrected chi connectivity index (χ4v) is 2.99. The van der Waals surface area contributed by atoms with Crippen LogP contribution in [0.5, 0.6) is 0 Å². The summed E-state index contributed by atoms with van der Waals surface area (Å²) in [7, 11) is 0. The van der Waals surface area contributed by atoms with E-state index < -0.39 is 0 Å². The summed E-state index contributed by atoms with van der Waals surface area (Å²) in [6.07, 6.45) is 3.09. The average Bonchev–Trinajstić information content (AvgIpc) is 2.41. The second-order valence-corrected chi connectivity index (χ2v) is 6.26. The van der Waals surface area contributed by atoms with Crippen LogP contribution >= 0.6 is 22.6 Å². The van der Waals surface area contributed by atoms with Gasteiger partial charge in [0.15, 0.2) is 0 Å². The summed E-state index contributed by atoms with van der Waals surface area (Å²) < 4.78 is 0.831. The summed E-state index contributed by atoms with van der Waals surface area (Å²) in [6, 6.07) is 5.28. The molecule has 2 rings (SSSR count). The molecule has 1 aromatic carbocycles. The van der Waals surface area contributed by atoms with Crippen molar-refractivity contribution in [3.8, 4) is 0 Å². The van der Waals surface area contributed by atoms with Gasteiger partial charge in [-0.25, -0.2) is 0 Å². The Balaban J connectivity index is 2.04. The predicted molar refractivity (Wildman–Crippen MR) is 84.4 cm³/mol. The minimum Gasteiger partial charge on any atom is -0.377 e. The zero-order valence-electron chi connectivity index (χ0n) is 10.8. The van der Waals surface area contributed by atoms with Crippen molar-refractivity contribution < 1.29 is 9.72 Å². The highest BCUT2D eigenvalue weighted by atomic mass is 127. The Labute approximate surface area is 130 Å². The second-order valence-electron chi connectivity index (χ2n) is 5.01. The number of hydrogen-bond acceptors (Lipinski definition) is 4. The van der Waals surface area contributed by atoms with Gasteiger partial charge in [-0.3, -0.25) is 14.9 Å². The minimum atomic E-state index is -0.375. The van der Waals surface area contributed by atoms with Gasteiger partial charge in [0.2, 0.25) is 5.91 Å². The van der Waals surface area contributed by atoms with Crippen LogP contribution < -0.4 is 11.1 Å². The van der Waals surface area contributed by atoms with E-state index in [0.29, 0.717) is 5.69 Å². The number of amides is 1. The zero-order chi connectivity index (χ0) is 14.7. The fraction of sp³-hybridized carbons (Fsp3) is 0.462. The number of nitro benzene ring substituents is 1. The van der Waals surface area contributed by atoms with Gasteiger partial charge in [-0.1, -0.05) is 0 Å². The number of anilines is 1. The number of rotatable bonds is 4. The van der Waals surface area contributed by atoms with Crippen LogP contribution in [0.25, 0.3) is 0 Å². The molecule has 1 aliphatic carbocycles. The smallest absolute Gasteiger partial charge is 0.293 e. The van der Waals surface area contributed by atoms with Gasteiger partial charge >= 0.3 is 0 Å². The number of primary amides is 1. The van der Waals surface area contributed by atoms with Gasteiger partial charge in [0.05, 0.1) is 4.92 Å². The van der Waals surface area contributed by atoms with Crippen molar-refractivity contribution in [2.24, 2.45) is 11.7 Å². The van der Waals surface area contributed by atoms with E-state index in [1.54, 1.807) is 12.1 Å². The Morgan fingerprint density at radius 2 is 2.00 bits per heavy atom. The number of nitrogens with zero attached hydrogens (tertiary/aromatic N) is 1. The Hall–Kier alpha value is -1.38. The molecule has 0 unspecified atom stereocenters. The first-order valence-electron chi connectivity index (χ1n) is 6.47. The van der Waals surface area contributed by atoms with E-state index in [-0.39, 0.29) is 28.5 Å². The van der Waals surface area contributed by atoms with Gasteiger partial charge in [-0.2, -0.15) is 0 Å². The molecule has 6 nitrogen and oxygen atoms in total. The van der Waals surface area contributed by atoms with Crippen LogP contribution in [0, 0.1) is 19.6 Å². The Morgan fingerprint density at radius 3 is 2.55 bits per heavy atom. The maximum absolute atomic E-state index is 11.1. The molecule has 108 valence electrons. The van der Waals surface area contributed by atoms with Crippen LogP contribution in [-0.2, 0) is 4.79 Å². The highest BCUT2D eigenvalue weighted by Crippen LogP contribution is 2.31. The molecule has 0 radical (unpaired) electrons. The van der Waals surface area contributed by atoms with Gasteiger partial charge in [-0.15, -0.1) is 0 Å². The number of halogens is 1. The largest absolute Gasteiger partial charge is 0.377 e. The summed E-state index contributed by atoms with van der Waals surface area (Å²) in [4.78, 5) is 21.8. The van der Waals surface area contributed by atoms with E-state index in [0.717, 1.165) is 29.3 Å². The van der Waals surface area contributed by atoms with Crippen molar-refractivity contribution in [2.45, 2.75) is 31.7 Å². The molecule has 20 heavy (non-hydrogen) atoms. The lowest BCUT2D eigenvalue weighted by molar-refractivity contribution is -0.384. The third-order valence-electron chi connectivity index (χ3n) is 3.65. The molecule has 1 fully saturated rings. The Kier molecular flexibility index (Phi) is 4.79. The first-order chi connectivity index (χ1) is 9.47. The highest BCUT2D eigenvalue weighted by molar-refractivity contribution is 14.1. The molecule has 1 aliphatic rings. The van der Waals surface area contributed by atoms with Gasteiger partial charge in [0.1, 0.15) is 5.69 Å². The molecule has 0 spiro atoms. The van der Waals surface area contributed by atoms with Crippen LogP contribution in [0.2, 0.25) is 0 Å². The minimum absolute atomic E-state index is 0.0558. The maximum atomic E-state index is 11.1. The molecule has 0 saturated heterocycles. The van der Waals surface area contributed by atoms with Crippen molar-refractivity contribution in [2.75, 3.05) is 5.32 Å². The molecule has 0 aliphatic heterocycles. The summed E-state index contributed by atoms with van der Waals surface area (Å²) >= 11 is 2.05. The fourth-order valence-electron chi connectivity index (χ4n) is 2.52. The Morgan fingerprint density at radius 1 is 1.35 bits per heavy atom. The molecule has 0 heterocycles. The van der Waals surface area contributed by atoms with Crippen molar-refractivity contribution in [3.63, 3.8) is 0 Å². The summed E-state index contributed by atoms with van der Waals surface area (Å²) in [5.41, 5.74) is 5.93. The molecule has 0 bridgehead atoms. The van der Waals surface area contributed by atoms with Crippen LogP contribution in [0.3, 0.4) is 0 Å². The number of carbonyl (C=O) groups is 1. The lowest BCUT2D eigenvalue weighted by Gasteiger charge is -2.28. The zero-order valence-corrected chi connectivity index (χ0v) is 13.0. The van der Waals surface area contributed by atoms with E-state index in [1.165, 1.54) is 0 Å². The van der Waals surface area contributed by atoms with Crippen LogP contribution in [0.15, 0.2) is 18.2 Å². The average molecular weight is 389 g/mol. The highest BCUT2D eigenvalue weighted by Gasteiger charge is 2.26. The molecular formula is C13H16IN3O3. The molecule has 3 N–H and O–H groups in total. The summed E-state index contributed by atoms with van der Waals surface area (Å²) in [5, 5.41) is 14.3. The van der Waals surface area contributed by atoms with E-state index in [2.05, 4.69) is 27.9 Å². The Bertz CT molecular complexity index is 528. The van der Waals surface area contributed by atoms with Crippen LogP contribution in [-0.4, -0.2) is 16.9 Å². The lowest BCUT2D eigenvalue weighted by atomic mass is 9.85. The third-order valence-corrected chi connectivity index (χ3v) is 4.32. The topological polar surface area (TPSA) is 98.3 Å². The van der Waals surface area contributed by atoms with E-state index in [1.807, 2.05) is 6.07 Å². The number of benzene rings is 1. The molecule has 1 amide bonds. The predicted octanol–water partition coefficient (Wildman–Crippen LogP) is 2.66. The normalized spacial score (nSPS) is 22.2. The second kappa shape index (κ2) is 6.38. The van der Waals surface area contributed by atoms with Gasteiger partial charge in [0.25, 0.3) is 5.69 Å². The first kappa shape index (κ1) is 15.0. The first-order valence-corrected chi connectivity index (χ1v) is 7.55. The number of nitro groups is 1. The van der Waals surface area contributed by atoms with Gasteiger partial charge < -0.3 is 11.1 Å². The van der Waals surface area contributed by atoms with Crippen LogP contribution in [0.1, 0.15) is 25.7 Å². The summed E-state index contributed by atoms with van der Waals surface area (Å²) in [5.74, 6) is -0.302. The number of carbonyl (C=O) groups excluding carboxylic acids is 1. The van der Waals surface area contributed by atoms with Crippen molar-refractivity contribution in [1.29, 1.82) is 0 Å². The third kappa shape index (κ3) is 3.59. The van der Waals surface area contributed by atoms with E-state index in [9.17, 15) is 14.9 Å². The van der Waals surface area contributed by atoms with Crippen molar-refractivity contribution in [3.05, 3.63) is 31.9 Å². The van der Waals surface area contributed by atoms with E-state index in [4.69, 9.17) is 5.73 Å². The standard InChI is InChI=1S/C13H16IN3O3/c14-9-3-6-11(12(7-9)17(19)20)16-10-4-1-8(2-5-10)13(15)18/h3,6-8,10,16H,1-2,4-5H2,(H2,15,18). The molecular weight excluding hydrogens is 373 g/mol. The summed E-state index contributed by atoms with van der Waals surface area (Å²) in [6.45, 7) is 0. The van der Waals surface area contributed by atoms with Gasteiger partial charge in [0, 0.05) is 21.6 Å². The quantitative estimate of drug-likeness (QED) is 0.470. The van der Waals surface area contributed by atoms with Gasteiger partial charge in [-0.05, 0) is 60.4 Å². The molecule has 7 heteroatoms. The molecule has 1 aromatic rings. The number of nitrogens with one attached hydrogen (secondary N) is 1. The monoisotopic (exact) mass is 389 g/mol. The van der Waals surface area contributed by atoms with E-state index >= 15 is 0 Å². The maximum Gasteiger partial charge on any atom is 0.293 e. The molecule has 1 saturated carbocycles. The molecule has 0 atom stereocenters. The van der Waals surface area contributed by atoms with Crippen molar-refractivity contribution >= 4 is 39.9 Å². The number of nitrogens with two attached hydrogens (primary N) is 1. The van der Waals surface area contributed by atoms with Crippen molar-refractivity contribution in [1.82, 2.24) is 0 Å². The SMILES string of the molecule is NC(=O)C1CCC(Nc2ccc(I)cc2[N+](=O)[O-])CC1. The lowest BCUT2D eigenvalue weighted by Crippen LogP contribution is -2.32. The van der Waals surface area contributed by atoms with Crippen LogP contribution in [0.4, 0.5) is 11.4 Å². The molecule has 0 aromatic heterocycles.